The van der Waals surface area contributed by atoms with E-state index >= 15 is 0 Å². The van der Waals surface area contributed by atoms with Crippen LogP contribution in [0.3, 0.4) is 0 Å². The number of likely N-dealkylation sites (tertiary alicyclic amines) is 1. The van der Waals surface area contributed by atoms with Crippen molar-refractivity contribution in [2.24, 2.45) is 10.9 Å². The fraction of sp³-hybridized carbons (Fsp3) is 0.800. The van der Waals surface area contributed by atoms with E-state index in [1.807, 2.05) is 0 Å². The Hall–Kier alpha value is -1.01. The van der Waals surface area contributed by atoms with E-state index in [-0.39, 0.29) is 11.6 Å². The number of aliphatic imine (C=N–C) groups is 1. The molecule has 0 spiro atoms. The number of hydrogen-bond donors (Lipinski definition) is 1. The Bertz CT molecular complexity index is 372. The molecule has 0 bridgehead atoms. The topological polar surface area (TPSA) is 27.6 Å². The Morgan fingerprint density at radius 3 is 2.72 bits per heavy atom. The van der Waals surface area contributed by atoms with E-state index in [2.05, 4.69) is 48.8 Å². The van der Waals surface area contributed by atoms with Crippen LogP contribution >= 0.6 is 0 Å². The minimum Gasteiger partial charge on any atom is -0.372 e. The lowest BCUT2D eigenvalue weighted by atomic mass is 9.94. The highest BCUT2D eigenvalue weighted by atomic mass is 15.3. The molecule has 0 aromatic rings. The zero-order valence-electron chi connectivity index (χ0n) is 12.0. The zero-order valence-corrected chi connectivity index (χ0v) is 12.0. The van der Waals surface area contributed by atoms with E-state index in [1.165, 1.54) is 6.42 Å². The molecule has 1 saturated heterocycles. The molecule has 0 aromatic carbocycles. The summed E-state index contributed by atoms with van der Waals surface area (Å²) >= 11 is 0. The van der Waals surface area contributed by atoms with Gasteiger partial charge in [0.05, 0.1) is 18.4 Å². The average molecular weight is 247 g/mol. The summed E-state index contributed by atoms with van der Waals surface area (Å²) in [5.41, 5.74) is 0.135. The molecule has 3 nitrogen and oxygen atoms in total. The summed E-state index contributed by atoms with van der Waals surface area (Å²) in [5, 5.41) is 3.36. The van der Waals surface area contributed by atoms with Gasteiger partial charge in [0.15, 0.2) is 0 Å². The quantitative estimate of drug-likeness (QED) is 0.755. The van der Waals surface area contributed by atoms with Crippen molar-refractivity contribution in [3.63, 3.8) is 0 Å². The largest absolute Gasteiger partial charge is 0.372 e. The van der Waals surface area contributed by atoms with Gasteiger partial charge < -0.3 is 5.32 Å². The third kappa shape index (κ3) is 2.54. The predicted molar refractivity (Wildman–Crippen MR) is 76.7 cm³/mol. The van der Waals surface area contributed by atoms with Crippen LogP contribution < -0.4 is 5.32 Å². The number of amidine groups is 1. The van der Waals surface area contributed by atoms with Crippen LogP contribution in [0.15, 0.2) is 4.99 Å². The molecule has 0 amide bonds. The number of nitrogens with zero attached hydrogens (tertiary/aromatic N) is 2. The minimum atomic E-state index is 0.135. The van der Waals surface area contributed by atoms with Gasteiger partial charge in [-0.2, -0.15) is 0 Å². The van der Waals surface area contributed by atoms with Crippen molar-refractivity contribution in [1.82, 2.24) is 10.2 Å². The van der Waals surface area contributed by atoms with Crippen molar-refractivity contribution in [2.45, 2.75) is 58.2 Å². The van der Waals surface area contributed by atoms with Gasteiger partial charge in [-0.25, -0.2) is 0 Å². The molecule has 0 aromatic heterocycles. The molecular weight excluding hydrogens is 222 g/mol. The molecule has 2 aliphatic rings. The van der Waals surface area contributed by atoms with Crippen molar-refractivity contribution < 1.29 is 0 Å². The lowest BCUT2D eigenvalue weighted by Crippen LogP contribution is -2.48. The van der Waals surface area contributed by atoms with Gasteiger partial charge >= 0.3 is 0 Å². The van der Waals surface area contributed by atoms with Crippen LogP contribution in [-0.4, -0.2) is 41.4 Å². The van der Waals surface area contributed by atoms with E-state index in [0.717, 1.165) is 25.3 Å². The maximum Gasteiger partial charge on any atom is 0.0968 e. The number of nitrogens with one attached hydrogen (secondary N) is 1. The fourth-order valence-corrected chi connectivity index (χ4v) is 3.50. The highest BCUT2D eigenvalue weighted by molar-refractivity contribution is 5.83. The molecule has 1 N–H and O–H groups in total. The molecule has 2 rings (SSSR count). The maximum absolute atomic E-state index is 5.80. The van der Waals surface area contributed by atoms with Crippen LogP contribution in [0.1, 0.15) is 40.5 Å². The summed E-state index contributed by atoms with van der Waals surface area (Å²) in [7, 11) is 0. The number of terminal acetylenes is 1. The van der Waals surface area contributed by atoms with Crippen molar-refractivity contribution in [2.75, 3.05) is 13.1 Å². The Balaban J connectivity index is 2.11. The molecule has 100 valence electrons. The van der Waals surface area contributed by atoms with Crippen molar-refractivity contribution in [1.29, 1.82) is 0 Å². The first-order chi connectivity index (χ1) is 8.43. The van der Waals surface area contributed by atoms with Crippen LogP contribution in [-0.2, 0) is 0 Å². The smallest absolute Gasteiger partial charge is 0.0968 e. The molecule has 2 aliphatic heterocycles. The van der Waals surface area contributed by atoms with Crippen LogP contribution in [0.4, 0.5) is 0 Å². The van der Waals surface area contributed by atoms with Crippen LogP contribution in [0, 0.1) is 18.3 Å². The van der Waals surface area contributed by atoms with Crippen LogP contribution in [0.2, 0.25) is 0 Å². The lowest BCUT2D eigenvalue weighted by Gasteiger charge is -2.39. The standard InChI is InChI=1S/C15H25N3/c1-6-13-12(10-14-16-7-8-17-14)9-11(2)18(13)15(3,4)5/h1,11-13H,7-10H2,2-5H3,(H,16,17)/t11-,12-,13-/m1/s1. The normalized spacial score (nSPS) is 33.1. The second kappa shape index (κ2) is 4.93. The van der Waals surface area contributed by atoms with E-state index in [0.29, 0.717) is 12.0 Å². The van der Waals surface area contributed by atoms with E-state index in [4.69, 9.17) is 6.42 Å². The SMILES string of the molecule is C#C[C@@H]1[C@@H](CC2=NCCN2)C[C@@H](C)N1C(C)(C)C. The van der Waals surface area contributed by atoms with Crippen LogP contribution in [0.25, 0.3) is 0 Å². The highest BCUT2D eigenvalue weighted by Gasteiger charge is 2.43. The third-order valence-corrected chi connectivity index (χ3v) is 4.01. The third-order valence-electron chi connectivity index (χ3n) is 4.01. The number of rotatable bonds is 2. The molecule has 2 heterocycles. The first-order valence-corrected chi connectivity index (χ1v) is 6.95. The van der Waals surface area contributed by atoms with Gasteiger partial charge in [-0.15, -0.1) is 6.42 Å². The summed E-state index contributed by atoms with van der Waals surface area (Å²) in [6, 6.07) is 0.795. The Morgan fingerprint density at radius 2 is 2.22 bits per heavy atom. The molecule has 0 aliphatic carbocycles. The minimum absolute atomic E-state index is 0.135. The van der Waals surface area contributed by atoms with Crippen molar-refractivity contribution in [3.8, 4) is 12.3 Å². The first kappa shape index (κ1) is 13.4. The van der Waals surface area contributed by atoms with Gasteiger partial charge in [0.1, 0.15) is 0 Å². The van der Waals surface area contributed by atoms with Gasteiger partial charge in [-0.1, -0.05) is 5.92 Å². The molecule has 3 heteroatoms. The van der Waals surface area contributed by atoms with E-state index < -0.39 is 0 Å². The van der Waals surface area contributed by atoms with Gasteiger partial charge in [-0.3, -0.25) is 9.89 Å². The molecule has 0 saturated carbocycles. The fourth-order valence-electron chi connectivity index (χ4n) is 3.50. The lowest BCUT2D eigenvalue weighted by molar-refractivity contribution is 0.100. The summed E-state index contributed by atoms with van der Waals surface area (Å²) in [5.74, 6) is 4.71. The molecule has 3 atom stereocenters. The first-order valence-electron chi connectivity index (χ1n) is 6.95. The van der Waals surface area contributed by atoms with Gasteiger partial charge in [0.25, 0.3) is 0 Å². The predicted octanol–water partition coefficient (Wildman–Crippen LogP) is 1.89. The number of hydrogen-bond acceptors (Lipinski definition) is 3. The van der Waals surface area contributed by atoms with E-state index in [1.54, 1.807) is 0 Å². The Labute approximate surface area is 111 Å². The summed E-state index contributed by atoms with van der Waals surface area (Å²) in [6.07, 6.45) is 7.98. The summed E-state index contributed by atoms with van der Waals surface area (Å²) in [6.45, 7) is 11.0. The molecule has 1 fully saturated rings. The monoisotopic (exact) mass is 247 g/mol. The zero-order chi connectivity index (χ0) is 13.3. The Morgan fingerprint density at radius 1 is 1.50 bits per heavy atom. The summed E-state index contributed by atoms with van der Waals surface area (Å²) in [4.78, 5) is 6.99. The van der Waals surface area contributed by atoms with Gasteiger partial charge in [0, 0.05) is 24.5 Å². The maximum atomic E-state index is 5.80. The van der Waals surface area contributed by atoms with E-state index in [9.17, 15) is 0 Å². The molecule has 0 radical (unpaired) electrons. The highest BCUT2D eigenvalue weighted by Crippen LogP contribution is 2.37. The van der Waals surface area contributed by atoms with Crippen LogP contribution in [0.5, 0.6) is 0 Å². The van der Waals surface area contributed by atoms with Crippen molar-refractivity contribution in [3.05, 3.63) is 0 Å². The second-order valence-electron chi connectivity index (χ2n) is 6.49. The molecule has 18 heavy (non-hydrogen) atoms. The summed E-state index contributed by atoms with van der Waals surface area (Å²) < 4.78 is 0. The van der Waals surface area contributed by atoms with Gasteiger partial charge in [-0.05, 0) is 40.0 Å². The second-order valence-corrected chi connectivity index (χ2v) is 6.49. The Kier molecular flexibility index (Phi) is 3.68. The average Bonchev–Trinajstić information content (AvgIpc) is 2.85. The van der Waals surface area contributed by atoms with Crippen molar-refractivity contribution >= 4 is 5.84 Å². The van der Waals surface area contributed by atoms with Gasteiger partial charge in [0.2, 0.25) is 0 Å². The molecular formula is C15H25N3. The molecule has 0 unspecified atom stereocenters.